The maximum atomic E-state index is 11.3. The fourth-order valence-electron chi connectivity index (χ4n) is 2.17. The third-order valence-corrected chi connectivity index (χ3v) is 3.72. The lowest BCUT2D eigenvalue weighted by Gasteiger charge is -2.19. The van der Waals surface area contributed by atoms with Gasteiger partial charge in [-0.05, 0) is 30.7 Å². The molecule has 0 aliphatic heterocycles. The summed E-state index contributed by atoms with van der Waals surface area (Å²) in [5.41, 5.74) is 0.411. The van der Waals surface area contributed by atoms with Gasteiger partial charge in [-0.3, -0.25) is 4.21 Å². The summed E-state index contributed by atoms with van der Waals surface area (Å²) in [4.78, 5) is 11.3. The molecule has 3 N–H and O–H groups in total. The number of anilines is 2. The quantitative estimate of drug-likeness (QED) is 0.464. The number of aromatic carboxylic acids is 1. The van der Waals surface area contributed by atoms with E-state index in [0.29, 0.717) is 18.0 Å². The Kier molecular flexibility index (Phi) is 6.79. The van der Waals surface area contributed by atoms with Crippen LogP contribution in [0.4, 0.5) is 11.4 Å². The van der Waals surface area contributed by atoms with Crippen LogP contribution in [0.3, 0.4) is 0 Å². The first-order valence-corrected chi connectivity index (χ1v) is 8.82. The van der Waals surface area contributed by atoms with Gasteiger partial charge in [-0.2, -0.15) is 0 Å². The van der Waals surface area contributed by atoms with Crippen molar-refractivity contribution in [3.8, 4) is 11.5 Å². The number of rotatable bonds is 9. The largest absolute Gasteiger partial charge is 0.755 e. The smallest absolute Gasteiger partial charge is 0.335 e. The highest BCUT2D eigenvalue weighted by atomic mass is 32.2. The maximum absolute atomic E-state index is 11.3. The number of benzene rings is 2. The van der Waals surface area contributed by atoms with E-state index in [9.17, 15) is 18.7 Å². The number of carbonyl (C=O) groups is 1. The molecule has 2 aromatic carbocycles. The minimum atomic E-state index is -2.62. The van der Waals surface area contributed by atoms with Gasteiger partial charge in [0.1, 0.15) is 5.75 Å². The molecule has 0 aliphatic rings. The molecule has 0 radical (unpaired) electrons. The van der Waals surface area contributed by atoms with Gasteiger partial charge in [0.05, 0.1) is 16.9 Å². The highest BCUT2D eigenvalue weighted by Gasteiger charge is 2.17. The third-order valence-electron chi connectivity index (χ3n) is 3.34. The lowest BCUT2D eigenvalue weighted by molar-refractivity contribution is 0.0697. The molecule has 0 aromatic heterocycles. The monoisotopic (exact) mass is 363 g/mol. The lowest BCUT2D eigenvalue weighted by Crippen LogP contribution is -2.10. The van der Waals surface area contributed by atoms with Crippen molar-refractivity contribution in [1.82, 2.24) is 0 Å². The Morgan fingerprint density at radius 1 is 1.24 bits per heavy atom. The van der Waals surface area contributed by atoms with E-state index in [4.69, 9.17) is 4.74 Å². The van der Waals surface area contributed by atoms with Crippen molar-refractivity contribution in [2.24, 2.45) is 0 Å². The van der Waals surface area contributed by atoms with Gasteiger partial charge in [-0.25, -0.2) is 4.79 Å². The Hall–Kier alpha value is -2.58. The summed E-state index contributed by atoms with van der Waals surface area (Å²) in [6.07, 6.45) is 1.83. The number of para-hydroxylation sites is 1. The van der Waals surface area contributed by atoms with Crippen LogP contribution < -0.4 is 14.8 Å². The summed E-state index contributed by atoms with van der Waals surface area (Å²) in [6.45, 7) is 2.63. The lowest BCUT2D eigenvalue weighted by atomic mass is 10.1. The topological polar surface area (TPSA) is 111 Å². The molecule has 1 unspecified atom stereocenters. The molecule has 0 heterocycles. The number of hydrogen-bond acceptors (Lipinski definition) is 5. The summed E-state index contributed by atoms with van der Waals surface area (Å²) in [7, 11) is 0. The minimum Gasteiger partial charge on any atom is -0.755 e. The first-order valence-electron chi connectivity index (χ1n) is 7.75. The van der Waals surface area contributed by atoms with Gasteiger partial charge in [0.25, 0.3) is 0 Å². The van der Waals surface area contributed by atoms with Crippen molar-refractivity contribution in [3.05, 3.63) is 48.0 Å². The van der Waals surface area contributed by atoms with E-state index >= 15 is 0 Å². The van der Waals surface area contributed by atoms with E-state index in [1.54, 1.807) is 24.3 Å². The molecule has 2 rings (SSSR count). The third kappa shape index (κ3) is 5.47. The first kappa shape index (κ1) is 18.8. The number of ether oxygens (including phenoxy) is 1. The average molecular weight is 363 g/mol. The Balaban J connectivity index is 2.48. The zero-order valence-electron chi connectivity index (χ0n) is 13.7. The van der Waals surface area contributed by atoms with Crippen molar-refractivity contribution < 1.29 is 23.4 Å². The second-order valence-corrected chi connectivity index (χ2v) is 5.91. The van der Waals surface area contributed by atoms with Crippen LogP contribution >= 0.6 is 0 Å². The van der Waals surface area contributed by atoms with Gasteiger partial charge in [0.15, 0.2) is 5.75 Å². The number of nitrogens with one attached hydrogen (secondary N) is 2. The standard InChI is InChI=1S/C17H20N2O5S/c1-2-3-9-18-14-10-12(17(20)21)11-15(19-25(22)23)16(14)24-13-7-5-4-6-8-13/h4-8,10-11,18-19H,2-3,9H2,1H3,(H,20,21)(H,22,23)/p-1. The summed E-state index contributed by atoms with van der Waals surface area (Å²) < 4.78 is 30.2. The van der Waals surface area contributed by atoms with Crippen LogP contribution in [-0.2, 0) is 11.3 Å². The molecule has 2 aromatic rings. The molecule has 0 spiro atoms. The van der Waals surface area contributed by atoms with Crippen molar-refractivity contribution in [2.75, 3.05) is 16.6 Å². The van der Waals surface area contributed by atoms with E-state index in [2.05, 4.69) is 10.0 Å². The first-order chi connectivity index (χ1) is 12.0. The Morgan fingerprint density at radius 2 is 1.92 bits per heavy atom. The number of hydrogen-bond donors (Lipinski definition) is 3. The van der Waals surface area contributed by atoms with E-state index in [1.165, 1.54) is 12.1 Å². The van der Waals surface area contributed by atoms with Gasteiger partial charge in [0.2, 0.25) is 0 Å². The van der Waals surface area contributed by atoms with Crippen LogP contribution in [0.5, 0.6) is 11.5 Å². The number of unbranched alkanes of at least 4 members (excludes halogenated alkanes) is 1. The van der Waals surface area contributed by atoms with Gasteiger partial charge in [-0.1, -0.05) is 31.5 Å². The Labute approximate surface area is 148 Å². The second-order valence-electron chi connectivity index (χ2n) is 5.24. The van der Waals surface area contributed by atoms with Gasteiger partial charge in [0, 0.05) is 17.8 Å². The van der Waals surface area contributed by atoms with Crippen LogP contribution in [0.25, 0.3) is 0 Å². The van der Waals surface area contributed by atoms with E-state index in [0.717, 1.165) is 12.8 Å². The van der Waals surface area contributed by atoms with Crippen molar-refractivity contribution in [3.63, 3.8) is 0 Å². The molecule has 0 amide bonds. The minimum absolute atomic E-state index is 0.0487. The molecule has 25 heavy (non-hydrogen) atoms. The van der Waals surface area contributed by atoms with Crippen LogP contribution in [0.2, 0.25) is 0 Å². The van der Waals surface area contributed by atoms with Crippen LogP contribution in [0.1, 0.15) is 30.1 Å². The fraction of sp³-hybridized carbons (Fsp3) is 0.235. The molecule has 0 bridgehead atoms. The van der Waals surface area contributed by atoms with Gasteiger partial charge in [-0.15, -0.1) is 0 Å². The van der Waals surface area contributed by atoms with Crippen LogP contribution in [0.15, 0.2) is 42.5 Å². The van der Waals surface area contributed by atoms with E-state index in [1.807, 2.05) is 13.0 Å². The summed E-state index contributed by atoms with van der Waals surface area (Å²) >= 11 is -2.62. The summed E-state index contributed by atoms with van der Waals surface area (Å²) in [6, 6.07) is 11.5. The average Bonchev–Trinajstić information content (AvgIpc) is 2.57. The molecule has 8 heteroatoms. The molecule has 0 fully saturated rings. The molecule has 7 nitrogen and oxygen atoms in total. The van der Waals surface area contributed by atoms with Gasteiger partial charge >= 0.3 is 5.97 Å². The number of carboxylic acid groups (broad SMARTS) is 1. The normalized spacial score (nSPS) is 11.6. The fourth-order valence-corrected chi connectivity index (χ4v) is 2.50. The van der Waals surface area contributed by atoms with E-state index in [-0.39, 0.29) is 17.0 Å². The van der Waals surface area contributed by atoms with Crippen molar-refractivity contribution in [2.45, 2.75) is 19.8 Å². The predicted molar refractivity (Wildman–Crippen MR) is 95.9 cm³/mol. The maximum Gasteiger partial charge on any atom is 0.335 e. The highest BCUT2D eigenvalue weighted by molar-refractivity contribution is 7.80. The van der Waals surface area contributed by atoms with Gasteiger partial charge < -0.3 is 24.4 Å². The zero-order valence-corrected chi connectivity index (χ0v) is 14.5. The van der Waals surface area contributed by atoms with Crippen molar-refractivity contribution in [1.29, 1.82) is 0 Å². The molecular formula is C17H19N2O5S-. The number of carboxylic acids is 1. The van der Waals surface area contributed by atoms with E-state index < -0.39 is 17.2 Å². The highest BCUT2D eigenvalue weighted by Crippen LogP contribution is 2.38. The van der Waals surface area contributed by atoms with Crippen LogP contribution in [-0.4, -0.2) is 26.4 Å². The Morgan fingerprint density at radius 3 is 2.52 bits per heavy atom. The summed E-state index contributed by atoms with van der Waals surface area (Å²) in [5, 5.41) is 12.4. The zero-order chi connectivity index (χ0) is 18.2. The molecular weight excluding hydrogens is 344 g/mol. The molecule has 0 saturated carbocycles. The molecule has 1 atom stereocenters. The molecule has 0 saturated heterocycles. The summed E-state index contributed by atoms with van der Waals surface area (Å²) in [5.74, 6) is -0.440. The Bertz CT molecular complexity index is 752. The van der Waals surface area contributed by atoms with Crippen LogP contribution in [0, 0.1) is 0 Å². The predicted octanol–water partition coefficient (Wildman–Crippen LogP) is 3.60. The SMILES string of the molecule is CCCCNc1cc(C(=O)O)cc(NS(=O)[O-])c1Oc1ccccc1. The molecule has 134 valence electrons. The second kappa shape index (κ2) is 9.05. The molecule has 0 aliphatic carbocycles. The van der Waals surface area contributed by atoms with Crippen molar-refractivity contribution >= 4 is 28.6 Å².